The molecule has 0 saturated carbocycles. The van der Waals surface area contributed by atoms with Crippen molar-refractivity contribution in [1.82, 2.24) is 0 Å². The second kappa shape index (κ2) is 6.37. The molecule has 0 unspecified atom stereocenters. The smallest absolute Gasteiger partial charge is 0.211 e. The van der Waals surface area contributed by atoms with Crippen LogP contribution in [0.3, 0.4) is 0 Å². The van der Waals surface area contributed by atoms with Gasteiger partial charge in [0.15, 0.2) is 11.5 Å². The van der Waals surface area contributed by atoms with E-state index in [2.05, 4.69) is 0 Å². The normalized spacial score (nSPS) is 10.0. The number of amidine groups is 1. The number of para-hydroxylation sites is 1. The van der Waals surface area contributed by atoms with Crippen molar-refractivity contribution in [3.63, 3.8) is 0 Å². The van der Waals surface area contributed by atoms with E-state index in [0.717, 1.165) is 0 Å². The standard InChI is InChI=1S/C15H15ClN2O3/c1-19-11-7-4-8-12(20-2)14(11)21-10-6-3-5-9(16)13(10)15(17)18/h3-8H,1-2H3,(H3,17,18). The zero-order valence-corrected chi connectivity index (χ0v) is 12.4. The number of nitrogens with one attached hydrogen (secondary N) is 1. The molecule has 0 bridgehead atoms. The van der Waals surface area contributed by atoms with Crippen LogP contribution in [0.5, 0.6) is 23.0 Å². The first kappa shape index (κ1) is 15.0. The Morgan fingerprint density at radius 3 is 2.05 bits per heavy atom. The molecule has 0 aliphatic rings. The second-order valence-electron chi connectivity index (χ2n) is 4.12. The highest BCUT2D eigenvalue weighted by Crippen LogP contribution is 2.41. The Hall–Kier alpha value is -2.40. The minimum Gasteiger partial charge on any atom is -0.493 e. The number of halogens is 1. The topological polar surface area (TPSA) is 77.6 Å². The van der Waals surface area contributed by atoms with Crippen molar-refractivity contribution < 1.29 is 14.2 Å². The van der Waals surface area contributed by atoms with Gasteiger partial charge in [-0.25, -0.2) is 0 Å². The van der Waals surface area contributed by atoms with Crippen molar-refractivity contribution in [1.29, 1.82) is 5.41 Å². The minimum absolute atomic E-state index is 0.176. The van der Waals surface area contributed by atoms with Crippen molar-refractivity contribution >= 4 is 17.4 Å². The summed E-state index contributed by atoms with van der Waals surface area (Å²) in [5.74, 6) is 1.59. The lowest BCUT2D eigenvalue weighted by atomic mass is 10.2. The summed E-state index contributed by atoms with van der Waals surface area (Å²) in [6, 6.07) is 10.3. The van der Waals surface area contributed by atoms with Crippen LogP contribution in [0.2, 0.25) is 5.02 Å². The van der Waals surface area contributed by atoms with Gasteiger partial charge in [-0.05, 0) is 24.3 Å². The summed E-state index contributed by atoms with van der Waals surface area (Å²) in [6.07, 6.45) is 0. The number of rotatable bonds is 5. The van der Waals surface area contributed by atoms with Gasteiger partial charge in [0, 0.05) is 0 Å². The predicted octanol–water partition coefficient (Wildman–Crippen LogP) is 3.43. The highest BCUT2D eigenvalue weighted by atomic mass is 35.5. The van der Waals surface area contributed by atoms with Gasteiger partial charge in [-0.3, -0.25) is 5.41 Å². The molecule has 6 heteroatoms. The Morgan fingerprint density at radius 1 is 1.00 bits per heavy atom. The van der Waals surface area contributed by atoms with Gasteiger partial charge in [0.25, 0.3) is 0 Å². The van der Waals surface area contributed by atoms with E-state index < -0.39 is 0 Å². The molecular formula is C15H15ClN2O3. The third kappa shape index (κ3) is 3.03. The molecule has 0 radical (unpaired) electrons. The Balaban J connectivity index is 2.53. The summed E-state index contributed by atoms with van der Waals surface area (Å²) in [5, 5.41) is 7.97. The fraction of sp³-hybridized carbons (Fsp3) is 0.133. The Morgan fingerprint density at radius 2 is 1.52 bits per heavy atom. The van der Waals surface area contributed by atoms with Gasteiger partial charge in [-0.2, -0.15) is 0 Å². The van der Waals surface area contributed by atoms with Crippen LogP contribution < -0.4 is 19.9 Å². The number of nitrogen functional groups attached to an aromatic ring is 1. The number of ether oxygens (including phenoxy) is 3. The molecule has 5 nitrogen and oxygen atoms in total. The molecule has 2 aromatic rings. The van der Waals surface area contributed by atoms with Crippen molar-refractivity contribution in [3.8, 4) is 23.0 Å². The number of methoxy groups -OCH3 is 2. The van der Waals surface area contributed by atoms with Gasteiger partial charge >= 0.3 is 0 Å². The van der Waals surface area contributed by atoms with Crippen LogP contribution in [-0.2, 0) is 0 Å². The third-order valence-electron chi connectivity index (χ3n) is 2.84. The van der Waals surface area contributed by atoms with Crippen molar-refractivity contribution in [3.05, 3.63) is 47.0 Å². The first-order valence-electron chi connectivity index (χ1n) is 6.10. The van der Waals surface area contributed by atoms with Crippen LogP contribution >= 0.6 is 11.6 Å². The maximum atomic E-state index is 7.63. The molecule has 0 aliphatic heterocycles. The SMILES string of the molecule is COc1cccc(OC)c1Oc1cccc(Cl)c1C(=N)N. The van der Waals surface area contributed by atoms with Crippen LogP contribution in [0.1, 0.15) is 5.56 Å². The number of hydrogen-bond donors (Lipinski definition) is 2. The number of hydrogen-bond acceptors (Lipinski definition) is 4. The van der Waals surface area contributed by atoms with E-state index in [1.807, 2.05) is 0 Å². The van der Waals surface area contributed by atoms with Crippen molar-refractivity contribution in [2.24, 2.45) is 5.73 Å². The highest BCUT2D eigenvalue weighted by Gasteiger charge is 2.17. The largest absolute Gasteiger partial charge is 0.493 e. The van der Waals surface area contributed by atoms with Crippen molar-refractivity contribution in [2.45, 2.75) is 0 Å². The Labute approximate surface area is 127 Å². The lowest BCUT2D eigenvalue weighted by molar-refractivity contribution is 0.346. The number of nitrogens with two attached hydrogens (primary N) is 1. The molecule has 0 heterocycles. The molecular weight excluding hydrogens is 292 g/mol. The van der Waals surface area contributed by atoms with E-state index >= 15 is 0 Å². The highest BCUT2D eigenvalue weighted by molar-refractivity contribution is 6.34. The fourth-order valence-corrected chi connectivity index (χ4v) is 2.15. The zero-order chi connectivity index (χ0) is 15.4. The fourth-order valence-electron chi connectivity index (χ4n) is 1.88. The maximum absolute atomic E-state index is 7.63. The van der Waals surface area contributed by atoms with Gasteiger partial charge in [-0.15, -0.1) is 0 Å². The summed E-state index contributed by atoms with van der Waals surface area (Å²) in [4.78, 5) is 0. The summed E-state index contributed by atoms with van der Waals surface area (Å²) in [5.41, 5.74) is 5.89. The summed E-state index contributed by atoms with van der Waals surface area (Å²) in [7, 11) is 3.07. The number of benzene rings is 2. The lowest BCUT2D eigenvalue weighted by Crippen LogP contribution is -2.13. The molecule has 3 N–H and O–H groups in total. The van der Waals surface area contributed by atoms with E-state index in [0.29, 0.717) is 33.6 Å². The average molecular weight is 307 g/mol. The summed E-state index contributed by atoms with van der Waals surface area (Å²) >= 11 is 6.07. The van der Waals surface area contributed by atoms with Gasteiger partial charge in [0.05, 0.1) is 24.8 Å². The maximum Gasteiger partial charge on any atom is 0.211 e. The molecule has 0 atom stereocenters. The monoisotopic (exact) mass is 306 g/mol. The molecule has 0 amide bonds. The minimum atomic E-state index is -0.176. The van der Waals surface area contributed by atoms with Gasteiger partial charge in [0.2, 0.25) is 5.75 Å². The van der Waals surface area contributed by atoms with E-state index in [-0.39, 0.29) is 5.84 Å². The molecule has 0 saturated heterocycles. The lowest BCUT2D eigenvalue weighted by Gasteiger charge is -2.16. The Bertz CT molecular complexity index is 652. The van der Waals surface area contributed by atoms with Crippen LogP contribution in [0, 0.1) is 5.41 Å². The quantitative estimate of drug-likeness (QED) is 0.655. The third-order valence-corrected chi connectivity index (χ3v) is 3.15. The molecule has 0 aliphatic carbocycles. The second-order valence-corrected chi connectivity index (χ2v) is 4.53. The summed E-state index contributed by atoms with van der Waals surface area (Å²) in [6.45, 7) is 0. The van der Waals surface area contributed by atoms with Crippen molar-refractivity contribution in [2.75, 3.05) is 14.2 Å². The first-order valence-corrected chi connectivity index (χ1v) is 6.48. The molecule has 21 heavy (non-hydrogen) atoms. The predicted molar refractivity (Wildman–Crippen MR) is 82.1 cm³/mol. The van der Waals surface area contributed by atoms with E-state index in [9.17, 15) is 0 Å². The van der Waals surface area contributed by atoms with Crippen LogP contribution in [0.4, 0.5) is 0 Å². The van der Waals surface area contributed by atoms with Gasteiger partial charge in [0.1, 0.15) is 11.6 Å². The Kier molecular flexibility index (Phi) is 4.55. The average Bonchev–Trinajstić information content (AvgIpc) is 2.47. The van der Waals surface area contributed by atoms with Crippen LogP contribution in [0.25, 0.3) is 0 Å². The molecule has 2 aromatic carbocycles. The van der Waals surface area contributed by atoms with Crippen LogP contribution in [-0.4, -0.2) is 20.1 Å². The molecule has 2 rings (SSSR count). The van der Waals surface area contributed by atoms with Crippen LogP contribution in [0.15, 0.2) is 36.4 Å². The van der Waals surface area contributed by atoms with E-state index in [1.165, 1.54) is 14.2 Å². The molecule has 0 aromatic heterocycles. The first-order chi connectivity index (χ1) is 10.1. The zero-order valence-electron chi connectivity index (χ0n) is 11.6. The van der Waals surface area contributed by atoms with Gasteiger partial charge < -0.3 is 19.9 Å². The molecule has 0 fully saturated rings. The van der Waals surface area contributed by atoms with E-state index in [4.69, 9.17) is 37.0 Å². The summed E-state index contributed by atoms with van der Waals surface area (Å²) < 4.78 is 16.4. The van der Waals surface area contributed by atoms with E-state index in [1.54, 1.807) is 36.4 Å². The van der Waals surface area contributed by atoms with Gasteiger partial charge in [-0.1, -0.05) is 23.7 Å². The molecule has 0 spiro atoms. The molecule has 110 valence electrons.